The van der Waals surface area contributed by atoms with Crippen LogP contribution in [0, 0.1) is 6.92 Å². The topological polar surface area (TPSA) is 39.9 Å². The van der Waals surface area contributed by atoms with Crippen LogP contribution in [0.5, 0.6) is 5.75 Å². The van der Waals surface area contributed by atoms with Gasteiger partial charge in [-0.05, 0) is 37.1 Å². The van der Waals surface area contributed by atoms with Gasteiger partial charge in [0.25, 0.3) is 0 Å². The van der Waals surface area contributed by atoms with Gasteiger partial charge in [-0.25, -0.2) is 0 Å². The van der Waals surface area contributed by atoms with E-state index in [4.69, 9.17) is 4.74 Å². The van der Waals surface area contributed by atoms with Crippen molar-refractivity contribution in [1.82, 2.24) is 14.8 Å². The minimum Gasteiger partial charge on any atom is -0.497 e. The Balaban J connectivity index is 1.84. The molecular formula is C20H23N3OS. The summed E-state index contributed by atoms with van der Waals surface area (Å²) in [7, 11) is 1.69. The number of aryl methyl sites for hydroxylation is 1. The molecule has 0 bridgehead atoms. The van der Waals surface area contributed by atoms with E-state index in [2.05, 4.69) is 65.0 Å². The molecular weight excluding hydrogens is 330 g/mol. The third-order valence-electron chi connectivity index (χ3n) is 3.94. The predicted molar refractivity (Wildman–Crippen MR) is 103 cm³/mol. The molecule has 0 fully saturated rings. The summed E-state index contributed by atoms with van der Waals surface area (Å²) in [5.41, 5.74) is 3.57. The minimum absolute atomic E-state index is 0.840. The lowest BCUT2D eigenvalue weighted by atomic mass is 10.1. The smallest absolute Gasteiger partial charge is 0.191 e. The summed E-state index contributed by atoms with van der Waals surface area (Å²) in [5.74, 6) is 2.67. The van der Waals surface area contributed by atoms with Crippen molar-refractivity contribution in [2.45, 2.75) is 37.7 Å². The molecule has 1 heterocycles. The molecule has 0 N–H and O–H groups in total. The van der Waals surface area contributed by atoms with Crippen molar-refractivity contribution >= 4 is 11.8 Å². The molecule has 0 radical (unpaired) electrons. The van der Waals surface area contributed by atoms with Gasteiger partial charge in [0.15, 0.2) is 11.0 Å². The van der Waals surface area contributed by atoms with Crippen molar-refractivity contribution in [2.75, 3.05) is 7.11 Å². The van der Waals surface area contributed by atoms with Crippen molar-refractivity contribution in [3.8, 4) is 17.1 Å². The Labute approximate surface area is 153 Å². The molecule has 5 heteroatoms. The molecule has 0 saturated heterocycles. The summed E-state index contributed by atoms with van der Waals surface area (Å²) < 4.78 is 7.52. The second-order valence-electron chi connectivity index (χ2n) is 5.97. The molecule has 0 amide bonds. The number of benzene rings is 2. The highest BCUT2D eigenvalue weighted by atomic mass is 32.2. The SMILES string of the molecule is CCCn1c(SCc2cccc(OC)c2)nnc1-c1cccc(C)c1. The van der Waals surface area contributed by atoms with Crippen molar-refractivity contribution in [3.63, 3.8) is 0 Å². The van der Waals surface area contributed by atoms with Crippen LogP contribution in [0.1, 0.15) is 24.5 Å². The average Bonchev–Trinajstić information content (AvgIpc) is 3.03. The fraction of sp³-hybridized carbons (Fsp3) is 0.300. The van der Waals surface area contributed by atoms with Gasteiger partial charge in [-0.2, -0.15) is 0 Å². The van der Waals surface area contributed by atoms with Gasteiger partial charge in [0.2, 0.25) is 0 Å². The van der Waals surface area contributed by atoms with E-state index in [1.807, 2.05) is 12.1 Å². The van der Waals surface area contributed by atoms with Gasteiger partial charge in [0.1, 0.15) is 5.75 Å². The van der Waals surface area contributed by atoms with Crippen molar-refractivity contribution < 1.29 is 4.74 Å². The number of rotatable bonds is 7. The summed E-state index contributed by atoms with van der Waals surface area (Å²) in [4.78, 5) is 0. The molecule has 4 nitrogen and oxygen atoms in total. The molecule has 0 aliphatic rings. The van der Waals surface area contributed by atoms with E-state index in [-0.39, 0.29) is 0 Å². The zero-order valence-electron chi connectivity index (χ0n) is 14.9. The molecule has 25 heavy (non-hydrogen) atoms. The van der Waals surface area contributed by atoms with Crippen molar-refractivity contribution in [1.29, 1.82) is 0 Å². The Morgan fingerprint density at radius 3 is 2.68 bits per heavy atom. The Kier molecular flexibility index (Phi) is 5.76. The van der Waals surface area contributed by atoms with Gasteiger partial charge < -0.3 is 9.30 Å². The van der Waals surface area contributed by atoms with Gasteiger partial charge >= 0.3 is 0 Å². The zero-order valence-corrected chi connectivity index (χ0v) is 15.7. The molecule has 130 valence electrons. The first-order chi connectivity index (χ1) is 12.2. The maximum Gasteiger partial charge on any atom is 0.191 e. The molecule has 3 rings (SSSR count). The summed E-state index contributed by atoms with van der Waals surface area (Å²) in [6.45, 7) is 5.19. The Bertz CT molecular complexity index is 844. The number of methoxy groups -OCH3 is 1. The maximum atomic E-state index is 5.30. The van der Waals surface area contributed by atoms with Crippen LogP contribution in [-0.2, 0) is 12.3 Å². The molecule has 0 aliphatic carbocycles. The standard InChI is InChI=1S/C20H23N3OS/c1-4-11-23-19(17-9-5-7-15(2)12-17)21-22-20(23)25-14-16-8-6-10-18(13-16)24-3/h5-10,12-13H,4,11,14H2,1-3H3. The number of hydrogen-bond acceptors (Lipinski definition) is 4. The number of hydrogen-bond donors (Lipinski definition) is 0. The summed E-state index contributed by atoms with van der Waals surface area (Å²) in [6.07, 6.45) is 1.05. The summed E-state index contributed by atoms with van der Waals surface area (Å²) in [5, 5.41) is 9.86. The van der Waals surface area contributed by atoms with Gasteiger partial charge in [0.05, 0.1) is 7.11 Å². The van der Waals surface area contributed by atoms with Crippen LogP contribution in [-0.4, -0.2) is 21.9 Å². The molecule has 2 aromatic carbocycles. The zero-order chi connectivity index (χ0) is 17.6. The van der Waals surface area contributed by atoms with Crippen molar-refractivity contribution in [2.24, 2.45) is 0 Å². The average molecular weight is 353 g/mol. The number of nitrogens with zero attached hydrogens (tertiary/aromatic N) is 3. The van der Waals surface area contributed by atoms with E-state index in [0.29, 0.717) is 0 Å². The molecule has 0 aliphatic heterocycles. The van der Waals surface area contributed by atoms with Gasteiger partial charge in [-0.1, -0.05) is 54.6 Å². The fourth-order valence-electron chi connectivity index (χ4n) is 2.73. The molecule has 0 saturated carbocycles. The van der Waals surface area contributed by atoms with Crippen LogP contribution in [0.3, 0.4) is 0 Å². The number of ether oxygens (including phenoxy) is 1. The molecule has 0 atom stereocenters. The molecule has 0 spiro atoms. The third-order valence-corrected chi connectivity index (χ3v) is 4.98. The lowest BCUT2D eigenvalue weighted by molar-refractivity contribution is 0.414. The second-order valence-corrected chi connectivity index (χ2v) is 6.91. The Morgan fingerprint density at radius 2 is 1.92 bits per heavy atom. The van der Waals surface area contributed by atoms with Crippen LogP contribution in [0.15, 0.2) is 53.7 Å². The van der Waals surface area contributed by atoms with Crippen molar-refractivity contribution in [3.05, 3.63) is 59.7 Å². The summed E-state index contributed by atoms with van der Waals surface area (Å²) in [6, 6.07) is 16.6. The van der Waals surface area contributed by atoms with Gasteiger partial charge in [0, 0.05) is 17.9 Å². The first-order valence-corrected chi connectivity index (χ1v) is 9.45. The maximum absolute atomic E-state index is 5.30. The predicted octanol–water partition coefficient (Wildman–Crippen LogP) is 4.96. The Hall–Kier alpha value is -2.27. The van der Waals surface area contributed by atoms with E-state index in [9.17, 15) is 0 Å². The van der Waals surface area contributed by atoms with E-state index in [0.717, 1.165) is 41.0 Å². The molecule has 0 unspecified atom stereocenters. The quantitative estimate of drug-likeness (QED) is 0.563. The monoisotopic (exact) mass is 353 g/mol. The number of aromatic nitrogens is 3. The largest absolute Gasteiger partial charge is 0.497 e. The first-order valence-electron chi connectivity index (χ1n) is 8.47. The van der Waals surface area contributed by atoms with E-state index in [1.165, 1.54) is 11.1 Å². The van der Waals surface area contributed by atoms with Gasteiger partial charge in [-0.3, -0.25) is 0 Å². The lowest BCUT2D eigenvalue weighted by Gasteiger charge is -2.09. The highest BCUT2D eigenvalue weighted by Crippen LogP contribution is 2.28. The number of thioether (sulfide) groups is 1. The third kappa shape index (κ3) is 4.23. The first kappa shape index (κ1) is 17.5. The van der Waals surface area contributed by atoms with Crippen LogP contribution in [0.4, 0.5) is 0 Å². The molecule has 1 aromatic heterocycles. The van der Waals surface area contributed by atoms with Crippen LogP contribution >= 0.6 is 11.8 Å². The van der Waals surface area contributed by atoms with E-state index < -0.39 is 0 Å². The van der Waals surface area contributed by atoms with Crippen LogP contribution < -0.4 is 4.74 Å². The highest BCUT2D eigenvalue weighted by molar-refractivity contribution is 7.98. The van der Waals surface area contributed by atoms with E-state index in [1.54, 1.807) is 18.9 Å². The minimum atomic E-state index is 0.840. The highest BCUT2D eigenvalue weighted by Gasteiger charge is 2.14. The van der Waals surface area contributed by atoms with Crippen LogP contribution in [0.2, 0.25) is 0 Å². The summed E-state index contributed by atoms with van der Waals surface area (Å²) >= 11 is 1.71. The van der Waals surface area contributed by atoms with Gasteiger partial charge in [-0.15, -0.1) is 10.2 Å². The normalized spacial score (nSPS) is 10.8. The Morgan fingerprint density at radius 1 is 1.08 bits per heavy atom. The molecule has 3 aromatic rings. The lowest BCUT2D eigenvalue weighted by Crippen LogP contribution is -2.02. The fourth-order valence-corrected chi connectivity index (χ4v) is 3.64. The second kappa shape index (κ2) is 8.21. The van der Waals surface area contributed by atoms with Crippen LogP contribution in [0.25, 0.3) is 11.4 Å². The van der Waals surface area contributed by atoms with E-state index >= 15 is 0 Å².